The van der Waals surface area contributed by atoms with Crippen LogP contribution >= 0.6 is 12.4 Å². The SMILES string of the molecule is CCCc1ccc(S(=O)(=O)N2CCN(C(=O)CNC)CC2)cc1.Cl. The molecule has 24 heavy (non-hydrogen) atoms. The number of benzene rings is 1. The van der Waals surface area contributed by atoms with Crippen LogP contribution < -0.4 is 5.32 Å². The normalized spacial score (nSPS) is 15.8. The highest BCUT2D eigenvalue weighted by Gasteiger charge is 2.29. The fourth-order valence-electron chi connectivity index (χ4n) is 2.71. The maximum atomic E-state index is 12.7. The minimum Gasteiger partial charge on any atom is -0.339 e. The topological polar surface area (TPSA) is 69.7 Å². The van der Waals surface area contributed by atoms with E-state index in [9.17, 15) is 13.2 Å². The predicted molar refractivity (Wildman–Crippen MR) is 97.0 cm³/mol. The average molecular weight is 376 g/mol. The summed E-state index contributed by atoms with van der Waals surface area (Å²) >= 11 is 0. The van der Waals surface area contributed by atoms with Crippen molar-refractivity contribution < 1.29 is 13.2 Å². The van der Waals surface area contributed by atoms with Crippen LogP contribution in [0.2, 0.25) is 0 Å². The second-order valence-corrected chi connectivity index (χ2v) is 7.65. The highest BCUT2D eigenvalue weighted by molar-refractivity contribution is 7.89. The molecule has 0 atom stereocenters. The van der Waals surface area contributed by atoms with E-state index in [0.717, 1.165) is 18.4 Å². The van der Waals surface area contributed by atoms with Gasteiger partial charge in [0.05, 0.1) is 11.4 Å². The van der Waals surface area contributed by atoms with Crippen molar-refractivity contribution in [1.82, 2.24) is 14.5 Å². The van der Waals surface area contributed by atoms with Crippen molar-refractivity contribution in [3.63, 3.8) is 0 Å². The molecule has 1 aliphatic rings. The molecule has 0 spiro atoms. The van der Waals surface area contributed by atoms with Crippen molar-refractivity contribution in [2.45, 2.75) is 24.7 Å². The van der Waals surface area contributed by atoms with E-state index < -0.39 is 10.0 Å². The van der Waals surface area contributed by atoms with E-state index in [1.807, 2.05) is 12.1 Å². The number of hydrogen-bond acceptors (Lipinski definition) is 4. The highest BCUT2D eigenvalue weighted by atomic mass is 35.5. The number of sulfonamides is 1. The first kappa shape index (κ1) is 20.9. The van der Waals surface area contributed by atoms with Crippen molar-refractivity contribution >= 4 is 28.3 Å². The van der Waals surface area contributed by atoms with Crippen molar-refractivity contribution in [3.05, 3.63) is 29.8 Å². The molecule has 1 aromatic carbocycles. The Morgan fingerprint density at radius 2 is 1.71 bits per heavy atom. The Labute approximate surface area is 150 Å². The number of carbonyl (C=O) groups is 1. The zero-order valence-corrected chi connectivity index (χ0v) is 15.8. The van der Waals surface area contributed by atoms with Gasteiger partial charge in [-0.1, -0.05) is 25.5 Å². The van der Waals surface area contributed by atoms with E-state index in [2.05, 4.69) is 12.2 Å². The van der Waals surface area contributed by atoms with Gasteiger partial charge in [0.2, 0.25) is 15.9 Å². The second-order valence-electron chi connectivity index (χ2n) is 5.71. The quantitative estimate of drug-likeness (QED) is 0.808. The summed E-state index contributed by atoms with van der Waals surface area (Å²) in [4.78, 5) is 13.8. The number of nitrogens with zero attached hydrogens (tertiary/aromatic N) is 2. The third-order valence-corrected chi connectivity index (χ3v) is 5.93. The monoisotopic (exact) mass is 375 g/mol. The summed E-state index contributed by atoms with van der Waals surface area (Å²) in [5.41, 5.74) is 1.15. The highest BCUT2D eigenvalue weighted by Crippen LogP contribution is 2.18. The lowest BCUT2D eigenvalue weighted by Gasteiger charge is -2.34. The van der Waals surface area contributed by atoms with Crippen molar-refractivity contribution in [3.8, 4) is 0 Å². The Morgan fingerprint density at radius 3 is 2.21 bits per heavy atom. The van der Waals surface area contributed by atoms with Crippen LogP contribution in [0.4, 0.5) is 0 Å². The summed E-state index contributed by atoms with van der Waals surface area (Å²) in [6.07, 6.45) is 1.99. The largest absolute Gasteiger partial charge is 0.339 e. The van der Waals surface area contributed by atoms with Gasteiger partial charge in [-0.3, -0.25) is 4.79 Å². The molecule has 136 valence electrons. The Bertz CT molecular complexity index is 626. The molecule has 1 saturated heterocycles. The minimum atomic E-state index is -3.48. The van der Waals surface area contributed by atoms with Crippen molar-refractivity contribution in [2.24, 2.45) is 0 Å². The zero-order valence-electron chi connectivity index (χ0n) is 14.2. The van der Waals surface area contributed by atoms with Crippen LogP contribution in [0.5, 0.6) is 0 Å². The first-order valence-corrected chi connectivity index (χ1v) is 9.44. The zero-order chi connectivity index (χ0) is 16.9. The van der Waals surface area contributed by atoms with Gasteiger partial charge in [0.1, 0.15) is 0 Å². The van der Waals surface area contributed by atoms with Crippen LogP contribution in [0.25, 0.3) is 0 Å². The number of likely N-dealkylation sites (N-methyl/N-ethyl adjacent to an activating group) is 1. The molecular formula is C16H26ClN3O3S. The van der Waals surface area contributed by atoms with Gasteiger partial charge >= 0.3 is 0 Å². The standard InChI is InChI=1S/C16H25N3O3S.ClH/c1-3-4-14-5-7-15(8-6-14)23(21,22)19-11-9-18(10-12-19)16(20)13-17-2;/h5-8,17H,3-4,9-13H2,1-2H3;1H. The molecule has 1 aliphatic heterocycles. The smallest absolute Gasteiger partial charge is 0.243 e. The maximum Gasteiger partial charge on any atom is 0.243 e. The molecular weight excluding hydrogens is 350 g/mol. The number of amides is 1. The predicted octanol–water partition coefficient (Wildman–Crippen LogP) is 1.11. The van der Waals surface area contributed by atoms with Crippen molar-refractivity contribution in [2.75, 3.05) is 39.8 Å². The molecule has 1 amide bonds. The molecule has 0 aliphatic carbocycles. The number of rotatable bonds is 6. The summed E-state index contributed by atoms with van der Waals surface area (Å²) in [6, 6.07) is 7.11. The molecule has 2 rings (SSSR count). The summed E-state index contributed by atoms with van der Waals surface area (Å²) in [5.74, 6) is 0.00784. The average Bonchev–Trinajstić information content (AvgIpc) is 2.56. The van der Waals surface area contributed by atoms with Crippen molar-refractivity contribution in [1.29, 1.82) is 0 Å². The molecule has 0 bridgehead atoms. The molecule has 6 nitrogen and oxygen atoms in total. The van der Waals surface area contributed by atoms with Crippen LogP contribution in [0, 0.1) is 0 Å². The first-order chi connectivity index (χ1) is 11.0. The van der Waals surface area contributed by atoms with E-state index in [1.165, 1.54) is 4.31 Å². The molecule has 0 radical (unpaired) electrons. The van der Waals surface area contributed by atoms with E-state index in [1.54, 1.807) is 24.1 Å². The fourth-order valence-corrected chi connectivity index (χ4v) is 4.13. The van der Waals surface area contributed by atoms with E-state index in [4.69, 9.17) is 0 Å². The van der Waals surface area contributed by atoms with Crippen LogP contribution in [0.3, 0.4) is 0 Å². The van der Waals surface area contributed by atoms with Gasteiger partial charge in [0.25, 0.3) is 0 Å². The lowest BCUT2D eigenvalue weighted by Crippen LogP contribution is -2.52. The van der Waals surface area contributed by atoms with Gasteiger partial charge in [0.15, 0.2) is 0 Å². The molecule has 1 fully saturated rings. The molecule has 0 aromatic heterocycles. The number of halogens is 1. The molecule has 8 heteroatoms. The summed E-state index contributed by atoms with van der Waals surface area (Å²) in [5, 5.41) is 2.82. The third kappa shape index (κ3) is 4.92. The second kappa shape index (κ2) is 9.36. The first-order valence-electron chi connectivity index (χ1n) is 8.00. The van der Waals surface area contributed by atoms with Gasteiger partial charge in [-0.25, -0.2) is 8.42 Å². The molecule has 0 unspecified atom stereocenters. The van der Waals surface area contributed by atoms with E-state index in [-0.39, 0.29) is 24.9 Å². The van der Waals surface area contributed by atoms with Crippen LogP contribution in [0.1, 0.15) is 18.9 Å². The van der Waals surface area contributed by atoms with Gasteiger partial charge < -0.3 is 10.2 Å². The van der Waals surface area contributed by atoms with Crippen LogP contribution in [-0.2, 0) is 21.2 Å². The number of carbonyl (C=O) groups excluding carboxylic acids is 1. The molecule has 1 heterocycles. The summed E-state index contributed by atoms with van der Waals surface area (Å²) < 4.78 is 26.8. The summed E-state index contributed by atoms with van der Waals surface area (Å²) in [6.45, 7) is 3.94. The van der Waals surface area contributed by atoms with Gasteiger partial charge in [-0.2, -0.15) is 4.31 Å². The Hall–Kier alpha value is -1.15. The number of hydrogen-bond donors (Lipinski definition) is 1. The molecule has 1 aromatic rings. The number of nitrogens with one attached hydrogen (secondary N) is 1. The number of aryl methyl sites for hydroxylation is 1. The van der Waals surface area contributed by atoms with Gasteiger partial charge in [-0.15, -0.1) is 12.4 Å². The van der Waals surface area contributed by atoms with E-state index >= 15 is 0 Å². The van der Waals surface area contributed by atoms with Gasteiger partial charge in [-0.05, 0) is 31.2 Å². The molecule has 0 saturated carbocycles. The lowest BCUT2D eigenvalue weighted by atomic mass is 10.1. The van der Waals surface area contributed by atoms with E-state index in [0.29, 0.717) is 31.1 Å². The molecule has 1 N–H and O–H groups in total. The summed E-state index contributed by atoms with van der Waals surface area (Å²) in [7, 11) is -1.75. The van der Waals surface area contributed by atoms with Crippen LogP contribution in [0.15, 0.2) is 29.2 Å². The third-order valence-electron chi connectivity index (χ3n) is 4.02. The lowest BCUT2D eigenvalue weighted by molar-refractivity contribution is -0.131. The fraction of sp³-hybridized carbons (Fsp3) is 0.562. The Kier molecular flexibility index (Phi) is 8.15. The minimum absolute atomic E-state index is 0. The van der Waals surface area contributed by atoms with Gasteiger partial charge in [0, 0.05) is 26.2 Å². The Morgan fingerprint density at radius 1 is 1.12 bits per heavy atom. The maximum absolute atomic E-state index is 12.7. The Balaban J connectivity index is 0.00000288. The van der Waals surface area contributed by atoms with Crippen LogP contribution in [-0.4, -0.2) is 63.3 Å². The number of piperazine rings is 1.